The minimum atomic E-state index is -2.33. The maximum atomic E-state index is 11.2. The summed E-state index contributed by atoms with van der Waals surface area (Å²) in [7, 11) is -0.393. The van der Waals surface area contributed by atoms with Crippen molar-refractivity contribution in [3.63, 3.8) is 0 Å². The van der Waals surface area contributed by atoms with Crippen molar-refractivity contribution >= 4 is 27.4 Å². The Kier molecular flexibility index (Phi) is 14.0. The first-order valence-electron chi connectivity index (χ1n) is 10.8. The molecule has 35 heavy (non-hydrogen) atoms. The van der Waals surface area contributed by atoms with Crippen molar-refractivity contribution in [2.75, 3.05) is 18.6 Å². The van der Waals surface area contributed by atoms with E-state index in [1.807, 2.05) is 80.8 Å². The molecule has 0 unspecified atom stereocenters. The van der Waals surface area contributed by atoms with E-state index in [4.69, 9.17) is 14.5 Å². The Hall–Kier alpha value is -3.20. The van der Waals surface area contributed by atoms with Crippen LogP contribution in [-0.4, -0.2) is 47.7 Å². The maximum Gasteiger partial charge on any atom is 0.197 e. The Morgan fingerprint density at radius 2 is 1.80 bits per heavy atom. The van der Waals surface area contributed by atoms with E-state index in [0.717, 1.165) is 24.2 Å². The fourth-order valence-corrected chi connectivity index (χ4v) is 2.83. The van der Waals surface area contributed by atoms with Crippen LogP contribution in [0.25, 0.3) is 0 Å². The van der Waals surface area contributed by atoms with Crippen LogP contribution in [0, 0.1) is 12.2 Å². The second-order valence-corrected chi connectivity index (χ2v) is 10.4. The van der Waals surface area contributed by atoms with Crippen LogP contribution in [-0.2, 0) is 27.4 Å². The summed E-state index contributed by atoms with van der Waals surface area (Å²) in [5.74, 6) is 0.477. The van der Waals surface area contributed by atoms with E-state index >= 15 is 0 Å². The van der Waals surface area contributed by atoms with Crippen LogP contribution in [0.15, 0.2) is 78.9 Å². The molecule has 2 aromatic carbocycles. The van der Waals surface area contributed by atoms with E-state index in [0.29, 0.717) is 12.4 Å². The number of nitrogens with zero attached hydrogens (tertiary/aromatic N) is 3. The first-order chi connectivity index (χ1) is 16.6. The second-order valence-electron chi connectivity index (χ2n) is 7.64. The summed E-state index contributed by atoms with van der Waals surface area (Å²) in [5, 5.41) is 29.1. The van der Waals surface area contributed by atoms with Gasteiger partial charge in [0, 0.05) is 26.6 Å². The molecule has 10 nitrogen and oxygen atoms in total. The van der Waals surface area contributed by atoms with Gasteiger partial charge in [0.25, 0.3) is 0 Å². The Bertz CT molecular complexity index is 1050. The van der Waals surface area contributed by atoms with E-state index in [2.05, 4.69) is 20.9 Å². The molecule has 0 spiro atoms. The summed E-state index contributed by atoms with van der Waals surface area (Å²) in [6, 6.07) is 19.2. The van der Waals surface area contributed by atoms with Crippen molar-refractivity contribution in [3.05, 3.63) is 90.2 Å². The summed E-state index contributed by atoms with van der Waals surface area (Å²) < 4.78 is 22.7. The molecule has 0 fully saturated rings. The van der Waals surface area contributed by atoms with Gasteiger partial charge in [0.15, 0.2) is 7.37 Å². The molecular weight excluding hydrogens is 465 g/mol. The van der Waals surface area contributed by atoms with E-state index in [1.165, 1.54) is 6.26 Å². The molecule has 1 aromatic heterocycles. The molecule has 0 aliphatic heterocycles. The van der Waals surface area contributed by atoms with E-state index in [-0.39, 0.29) is 0 Å². The van der Waals surface area contributed by atoms with E-state index < -0.39 is 14.4 Å². The molecule has 3 rings (SSSR count). The molecule has 0 saturated carbocycles. The van der Waals surface area contributed by atoms with Crippen molar-refractivity contribution in [2.24, 2.45) is 7.05 Å². The van der Waals surface area contributed by atoms with Crippen LogP contribution < -0.4 is 10.5 Å². The molecule has 0 amide bonds. The van der Waals surface area contributed by atoms with Gasteiger partial charge in [-0.15, -0.1) is 5.10 Å². The van der Waals surface area contributed by atoms with Crippen molar-refractivity contribution in [3.8, 4) is 0 Å². The van der Waals surface area contributed by atoms with Crippen LogP contribution in [0.3, 0.4) is 0 Å². The van der Waals surface area contributed by atoms with Crippen molar-refractivity contribution in [1.82, 2.24) is 20.2 Å². The van der Waals surface area contributed by atoms with Gasteiger partial charge in [-0.05, 0) is 12.5 Å². The zero-order chi connectivity index (χ0) is 26.1. The van der Waals surface area contributed by atoms with Gasteiger partial charge in [-0.1, -0.05) is 35.5 Å². The Morgan fingerprint density at radius 1 is 1.20 bits per heavy atom. The molecular formula is C22H33B2N6O4P. The van der Waals surface area contributed by atoms with Gasteiger partial charge >= 0.3 is 94.8 Å². The monoisotopic (exact) mass is 498 g/mol. The first-order valence-corrected chi connectivity index (χ1v) is 13.3. The van der Waals surface area contributed by atoms with E-state index in [1.54, 1.807) is 24.8 Å². The largest absolute Gasteiger partial charge is 0.324 e. The molecule has 0 bridgehead atoms. The SMILES string of the molecule is CB(O)NC(=COB=N)Nc1ccccc1.CP(C)(=O)OCc1ccccc1.Cc1cn(C)nn1. The number of aryl methyl sites for hydroxylation is 2. The van der Waals surface area contributed by atoms with Crippen LogP contribution in [0.4, 0.5) is 5.69 Å². The van der Waals surface area contributed by atoms with Crippen LogP contribution in [0.2, 0.25) is 6.82 Å². The topological polar surface area (TPSA) is 134 Å². The Morgan fingerprint density at radius 3 is 2.23 bits per heavy atom. The van der Waals surface area contributed by atoms with Gasteiger partial charge in [0.05, 0.1) is 12.3 Å². The molecule has 186 valence electrons. The summed E-state index contributed by atoms with van der Waals surface area (Å²) in [6.07, 6.45) is 3.17. The summed E-state index contributed by atoms with van der Waals surface area (Å²) in [5.41, 5.74) is 2.87. The summed E-state index contributed by atoms with van der Waals surface area (Å²) >= 11 is 0. The van der Waals surface area contributed by atoms with Gasteiger partial charge < -0.3 is 4.52 Å². The smallest absolute Gasteiger partial charge is 0.197 e. The Balaban J connectivity index is 0.000000282. The molecule has 4 N–H and O–H groups in total. The molecule has 0 atom stereocenters. The number of aromatic nitrogens is 3. The standard InChI is InChI=1S/C9H13B2N3O2.C9H13O2P.C4H7N3/c1-11(15)14-9(7-16-10-12)13-8-5-3-2-4-6-8;1-12(2,10)11-8-9-6-4-3-5-7-9;1-4-3-7(2)6-5-4/h2-7,12-15H,1H3;3-7H,8H2,1-2H3;3H,1-2H3. The average molecular weight is 498 g/mol. The molecule has 0 radical (unpaired) electrons. The molecule has 3 aromatic rings. The number of hydrogen-bond donors (Lipinski definition) is 4. The van der Waals surface area contributed by atoms with Crippen molar-refractivity contribution < 1.29 is 18.8 Å². The van der Waals surface area contributed by atoms with Crippen LogP contribution in [0.1, 0.15) is 11.3 Å². The normalized spacial score (nSPS) is 10.5. The number of rotatable bonds is 9. The quantitative estimate of drug-likeness (QED) is 0.199. The number of nitrogens with one attached hydrogen (secondary N) is 3. The minimum Gasteiger partial charge on any atom is -0.324 e. The minimum absolute atomic E-state index is 0.436. The second kappa shape index (κ2) is 16.4. The van der Waals surface area contributed by atoms with Gasteiger partial charge in [-0.25, -0.2) is 0 Å². The average Bonchev–Trinajstić information content (AvgIpc) is 3.20. The van der Waals surface area contributed by atoms with E-state index in [9.17, 15) is 9.59 Å². The third kappa shape index (κ3) is 16.1. The predicted octanol–water partition coefficient (Wildman–Crippen LogP) is 3.86. The maximum absolute atomic E-state index is 11.2. The number of anilines is 1. The van der Waals surface area contributed by atoms with Crippen LogP contribution >= 0.6 is 7.37 Å². The fraction of sp³-hybridized carbons (Fsp3) is 0.273. The van der Waals surface area contributed by atoms with Crippen LogP contribution in [0.5, 0.6) is 0 Å². The summed E-state index contributed by atoms with van der Waals surface area (Å²) in [6.45, 7) is 7.18. The summed E-state index contributed by atoms with van der Waals surface area (Å²) in [4.78, 5) is 0. The molecule has 0 saturated heterocycles. The third-order valence-electron chi connectivity index (χ3n) is 3.77. The number of para-hydroxylation sites is 1. The molecule has 0 aliphatic carbocycles. The molecule has 0 aliphatic rings. The fourth-order valence-electron chi connectivity index (χ4n) is 2.37. The van der Waals surface area contributed by atoms with Crippen molar-refractivity contribution in [1.29, 1.82) is 5.31 Å². The number of benzene rings is 2. The zero-order valence-electron chi connectivity index (χ0n) is 20.8. The Labute approximate surface area is 208 Å². The number of hydrogen-bond acceptors (Lipinski definition) is 9. The van der Waals surface area contributed by atoms with Gasteiger partial charge in [0.2, 0.25) is 0 Å². The molecule has 1 heterocycles. The van der Waals surface area contributed by atoms with Gasteiger partial charge in [0.1, 0.15) is 0 Å². The zero-order valence-corrected chi connectivity index (χ0v) is 21.6. The van der Waals surface area contributed by atoms with Crippen molar-refractivity contribution in [2.45, 2.75) is 20.4 Å². The predicted molar refractivity (Wildman–Crippen MR) is 141 cm³/mol. The molecule has 13 heteroatoms. The first kappa shape index (κ1) is 29.8. The van der Waals surface area contributed by atoms with Gasteiger partial charge in [-0.2, -0.15) is 0 Å². The van der Waals surface area contributed by atoms with Gasteiger partial charge in [-0.3, -0.25) is 9.25 Å². The third-order valence-corrected chi connectivity index (χ3v) is 4.52.